The molecule has 2 heterocycles. The van der Waals surface area contributed by atoms with Crippen molar-refractivity contribution in [2.24, 2.45) is 0 Å². The Kier molecular flexibility index (Phi) is 6.72. The highest BCUT2D eigenvalue weighted by molar-refractivity contribution is 7.18. The van der Waals surface area contributed by atoms with Crippen molar-refractivity contribution in [2.75, 3.05) is 7.11 Å². The third-order valence-electron chi connectivity index (χ3n) is 5.89. The third kappa shape index (κ3) is 4.75. The lowest BCUT2D eigenvalue weighted by atomic mass is 10.00. The maximum atomic E-state index is 12.7. The molecular weight excluding hydrogens is 430 g/mol. The molecule has 4 rings (SSSR count). The van der Waals surface area contributed by atoms with Crippen molar-refractivity contribution in [1.82, 2.24) is 4.98 Å². The maximum absolute atomic E-state index is 12.7. The molecule has 2 aromatic carbocycles. The van der Waals surface area contributed by atoms with E-state index in [0.717, 1.165) is 27.8 Å². The van der Waals surface area contributed by atoms with Gasteiger partial charge in [-0.3, -0.25) is 4.79 Å². The number of methoxy groups -OCH3 is 1. The molecule has 0 fully saturated rings. The first-order valence-corrected chi connectivity index (χ1v) is 11.8. The Hall–Kier alpha value is -3.28. The zero-order valence-corrected chi connectivity index (χ0v) is 19.9. The van der Waals surface area contributed by atoms with Gasteiger partial charge < -0.3 is 9.84 Å². The fourth-order valence-electron chi connectivity index (χ4n) is 3.95. The number of fused-ring (bicyclic) bond motifs is 1. The van der Waals surface area contributed by atoms with Crippen LogP contribution >= 0.6 is 11.3 Å². The van der Waals surface area contributed by atoms with Gasteiger partial charge in [-0.2, -0.15) is 0 Å². The summed E-state index contributed by atoms with van der Waals surface area (Å²) in [6, 6.07) is 15.5. The number of carbonyl (C=O) groups excluding carboxylic acids is 1. The Labute approximate surface area is 198 Å². The van der Waals surface area contributed by atoms with Crippen LogP contribution in [-0.4, -0.2) is 23.0 Å². The van der Waals surface area contributed by atoms with Gasteiger partial charge in [0, 0.05) is 33.0 Å². The number of nitrogens with zero attached hydrogens (tertiary/aromatic N) is 1. The molecule has 4 nitrogen and oxygen atoms in total. The summed E-state index contributed by atoms with van der Waals surface area (Å²) in [4.78, 5) is 17.5. The molecule has 0 aliphatic carbocycles. The van der Waals surface area contributed by atoms with E-state index in [9.17, 15) is 9.90 Å². The lowest BCUT2D eigenvalue weighted by Gasteiger charge is -2.13. The van der Waals surface area contributed by atoms with Gasteiger partial charge in [-0.1, -0.05) is 43.0 Å². The predicted octanol–water partition coefficient (Wildman–Crippen LogP) is 6.93. The van der Waals surface area contributed by atoms with Gasteiger partial charge in [-0.05, 0) is 55.2 Å². The number of hydrogen-bond donors (Lipinski definition) is 1. The average Bonchev–Trinajstić information content (AvgIpc) is 3.28. The Bertz CT molecular complexity index is 1340. The zero-order chi connectivity index (χ0) is 23.5. The molecule has 168 valence electrons. The number of ether oxygens (including phenoxy) is 1. The van der Waals surface area contributed by atoms with Gasteiger partial charge in [0.25, 0.3) is 0 Å². The number of benzene rings is 2. The number of aromatic nitrogens is 1. The number of aliphatic hydroxyl groups is 1. The summed E-state index contributed by atoms with van der Waals surface area (Å²) in [5.41, 5.74) is 6.06. The molecule has 1 atom stereocenters. The number of rotatable bonds is 8. The number of Topliss-reactive ketones (excluding diaryl/α,β-unsaturated/α-hetero) is 1. The van der Waals surface area contributed by atoms with Crippen LogP contribution in [-0.2, 0) is 0 Å². The lowest BCUT2D eigenvalue weighted by molar-refractivity contribution is 0.0937. The van der Waals surface area contributed by atoms with Crippen molar-refractivity contribution in [3.05, 3.63) is 88.4 Å². The first-order valence-electron chi connectivity index (χ1n) is 10.9. The van der Waals surface area contributed by atoms with Gasteiger partial charge in [0.1, 0.15) is 5.75 Å². The van der Waals surface area contributed by atoms with Gasteiger partial charge in [-0.15, -0.1) is 11.3 Å². The van der Waals surface area contributed by atoms with E-state index in [0.29, 0.717) is 17.0 Å². The molecule has 0 amide bonds. The number of hydrogen-bond acceptors (Lipinski definition) is 5. The van der Waals surface area contributed by atoms with Gasteiger partial charge in [0.15, 0.2) is 5.78 Å². The van der Waals surface area contributed by atoms with E-state index in [4.69, 9.17) is 9.72 Å². The average molecular weight is 458 g/mol. The second-order valence-electron chi connectivity index (χ2n) is 8.18. The minimum absolute atomic E-state index is 0.0354. The molecule has 0 bridgehead atoms. The summed E-state index contributed by atoms with van der Waals surface area (Å²) in [7, 11) is 1.59. The Morgan fingerprint density at radius 1 is 1.18 bits per heavy atom. The van der Waals surface area contributed by atoms with E-state index in [1.54, 1.807) is 36.7 Å². The summed E-state index contributed by atoms with van der Waals surface area (Å²) >= 11 is 1.70. The van der Waals surface area contributed by atoms with Crippen molar-refractivity contribution < 1.29 is 14.6 Å². The van der Waals surface area contributed by atoms with Crippen LogP contribution in [0.1, 0.15) is 51.7 Å². The summed E-state index contributed by atoms with van der Waals surface area (Å²) in [5.74, 6) is 0.649. The molecule has 0 saturated heterocycles. The number of pyridine rings is 1. The fraction of sp³-hybridized carbons (Fsp3) is 0.214. The van der Waals surface area contributed by atoms with Crippen LogP contribution in [0, 0.1) is 13.8 Å². The molecule has 4 aromatic rings. The van der Waals surface area contributed by atoms with Gasteiger partial charge in [0.2, 0.25) is 0 Å². The second kappa shape index (κ2) is 9.69. The monoisotopic (exact) mass is 457 g/mol. The number of carbonyl (C=O) groups is 1. The molecule has 0 spiro atoms. The van der Waals surface area contributed by atoms with Crippen LogP contribution < -0.4 is 4.74 Å². The van der Waals surface area contributed by atoms with Crippen molar-refractivity contribution in [3.8, 4) is 17.0 Å². The highest BCUT2D eigenvalue weighted by Gasteiger charge is 2.17. The fourth-order valence-corrected chi connectivity index (χ4v) is 5.00. The zero-order valence-electron chi connectivity index (χ0n) is 19.1. The van der Waals surface area contributed by atoms with Crippen LogP contribution in [0.3, 0.4) is 0 Å². The third-order valence-corrected chi connectivity index (χ3v) is 7.02. The quantitative estimate of drug-likeness (QED) is 0.292. The molecule has 0 saturated carbocycles. The molecule has 1 N–H and O–H groups in total. The molecular formula is C28H27NO3S. The second-order valence-corrected chi connectivity index (χ2v) is 9.06. The standard InChI is InChI=1S/C28H27NO3S/c1-5-19-13-23(22-16-33-28-18(3)7-6-8-21(22)28)29-24(14-19)26(31)12-11-25(30)20-10-9-17(2)27(15-20)32-4/h5-10,13-16,26,31H,1,11-12H2,2-4H3. The Morgan fingerprint density at radius 3 is 2.76 bits per heavy atom. The minimum Gasteiger partial charge on any atom is -0.496 e. The van der Waals surface area contributed by atoms with Crippen LogP contribution in [0.2, 0.25) is 0 Å². The molecule has 33 heavy (non-hydrogen) atoms. The first-order chi connectivity index (χ1) is 15.9. The molecule has 1 unspecified atom stereocenters. The van der Waals surface area contributed by atoms with E-state index in [-0.39, 0.29) is 18.6 Å². The summed E-state index contributed by atoms with van der Waals surface area (Å²) in [6.45, 7) is 7.93. The van der Waals surface area contributed by atoms with E-state index in [2.05, 4.69) is 31.0 Å². The van der Waals surface area contributed by atoms with Crippen LogP contribution in [0.15, 0.2) is 60.5 Å². The smallest absolute Gasteiger partial charge is 0.163 e. The van der Waals surface area contributed by atoms with Crippen LogP contribution in [0.25, 0.3) is 27.4 Å². The van der Waals surface area contributed by atoms with E-state index >= 15 is 0 Å². The SMILES string of the molecule is C=Cc1cc(-c2csc3c(C)cccc23)nc(C(O)CCC(=O)c2ccc(C)c(OC)c2)c1. The number of aryl methyl sites for hydroxylation is 2. The van der Waals surface area contributed by atoms with Crippen LogP contribution in [0.5, 0.6) is 5.75 Å². The first kappa shape index (κ1) is 22.9. The van der Waals surface area contributed by atoms with Crippen molar-refractivity contribution >= 4 is 33.3 Å². The summed E-state index contributed by atoms with van der Waals surface area (Å²) in [5, 5.41) is 14.1. The predicted molar refractivity (Wildman–Crippen MR) is 136 cm³/mol. The normalized spacial score (nSPS) is 12.0. The summed E-state index contributed by atoms with van der Waals surface area (Å²) < 4.78 is 6.56. The number of aliphatic hydroxyl groups excluding tert-OH is 1. The van der Waals surface area contributed by atoms with E-state index in [1.165, 1.54) is 10.3 Å². The van der Waals surface area contributed by atoms with Gasteiger partial charge in [0.05, 0.1) is 24.6 Å². The van der Waals surface area contributed by atoms with E-state index < -0.39 is 6.10 Å². The number of thiophene rings is 1. The van der Waals surface area contributed by atoms with Gasteiger partial charge >= 0.3 is 0 Å². The van der Waals surface area contributed by atoms with Crippen molar-refractivity contribution in [2.45, 2.75) is 32.8 Å². The van der Waals surface area contributed by atoms with Crippen LogP contribution in [0.4, 0.5) is 0 Å². The topological polar surface area (TPSA) is 59.4 Å². The summed E-state index contributed by atoms with van der Waals surface area (Å²) in [6.07, 6.45) is 1.39. The lowest BCUT2D eigenvalue weighted by Crippen LogP contribution is -2.07. The van der Waals surface area contributed by atoms with Gasteiger partial charge in [-0.25, -0.2) is 4.98 Å². The van der Waals surface area contributed by atoms with E-state index in [1.807, 2.05) is 31.2 Å². The Balaban J connectivity index is 1.58. The number of ketones is 1. The molecule has 0 aliphatic rings. The minimum atomic E-state index is -0.855. The molecule has 0 radical (unpaired) electrons. The highest BCUT2D eigenvalue weighted by Crippen LogP contribution is 2.36. The largest absolute Gasteiger partial charge is 0.496 e. The maximum Gasteiger partial charge on any atom is 0.163 e. The van der Waals surface area contributed by atoms with Crippen molar-refractivity contribution in [3.63, 3.8) is 0 Å². The molecule has 0 aliphatic heterocycles. The molecule has 2 aromatic heterocycles. The van der Waals surface area contributed by atoms with Crippen molar-refractivity contribution in [1.29, 1.82) is 0 Å². The molecule has 5 heteroatoms. The Morgan fingerprint density at radius 2 is 2.00 bits per heavy atom. The highest BCUT2D eigenvalue weighted by atomic mass is 32.1.